The molecule has 0 saturated heterocycles. The third-order valence-corrected chi connectivity index (χ3v) is 11.1. The summed E-state index contributed by atoms with van der Waals surface area (Å²) in [6, 6.07) is 0. The third-order valence-electron chi connectivity index (χ3n) is 7.56. The number of carboxylic acids is 4. The molecule has 12 N–H and O–H groups in total. The Morgan fingerprint density at radius 1 is 0.500 bits per heavy atom. The molecule has 18 heteroatoms. The van der Waals surface area contributed by atoms with Crippen molar-refractivity contribution in [1.29, 1.82) is 0 Å². The number of hydrogen-bond donors (Lipinski definition) is 10. The van der Waals surface area contributed by atoms with Crippen molar-refractivity contribution in [3.8, 4) is 0 Å². The van der Waals surface area contributed by atoms with Crippen LogP contribution in [0.3, 0.4) is 0 Å². The highest BCUT2D eigenvalue weighted by Crippen LogP contribution is 2.51. The molecule has 0 aromatic heterocycles. The predicted octanol–water partition coefficient (Wildman–Crippen LogP) is 2.23. The quantitative estimate of drug-likeness (QED) is 0.0864. The molecule has 0 spiro atoms. The second-order valence-electron chi connectivity index (χ2n) is 10.3. The van der Waals surface area contributed by atoms with Gasteiger partial charge < -0.3 is 43.4 Å². The van der Waals surface area contributed by atoms with Crippen LogP contribution in [-0.4, -0.2) is 92.3 Å². The number of benzene rings is 1. The summed E-state index contributed by atoms with van der Waals surface area (Å²) in [4.78, 5) is 51.8. The van der Waals surface area contributed by atoms with Gasteiger partial charge in [0.15, 0.2) is 0 Å². The first-order chi connectivity index (χ1) is 20.3. The predicted molar refractivity (Wildman–Crippen MR) is 187 cm³/mol. The first kappa shape index (κ1) is 41.1. The Hall–Kier alpha value is -0.960. The lowest BCUT2D eigenvalue weighted by molar-refractivity contribution is -0.147. The van der Waals surface area contributed by atoms with E-state index in [1.165, 1.54) is 47.0 Å². The van der Waals surface area contributed by atoms with E-state index in [0.29, 0.717) is 0 Å². The molecule has 44 heavy (non-hydrogen) atoms. The van der Waals surface area contributed by atoms with Gasteiger partial charge in [-0.1, -0.05) is 0 Å². The van der Waals surface area contributed by atoms with Crippen LogP contribution < -0.4 is 22.9 Å². The largest absolute Gasteiger partial charge is 0.480 e. The summed E-state index contributed by atoms with van der Waals surface area (Å²) in [5.41, 5.74) is 15.1. The first-order valence-electron chi connectivity index (χ1n) is 13.0. The minimum Gasteiger partial charge on any atom is -0.480 e. The average Bonchev–Trinajstić information content (AvgIpc) is 2.96. The van der Waals surface area contributed by atoms with Gasteiger partial charge >= 0.3 is 23.9 Å². The van der Waals surface area contributed by atoms with Crippen molar-refractivity contribution >= 4 is 96.2 Å². The van der Waals surface area contributed by atoms with Crippen LogP contribution in [-0.2, 0) is 41.3 Å². The number of hydrogen-bond acceptors (Lipinski definition) is 14. The Balaban J connectivity index is 5.05. The normalized spacial score (nSPS) is 17.1. The fraction of sp³-hybridized carbons (Fsp3) is 0.615. The van der Waals surface area contributed by atoms with Crippen LogP contribution in [0.5, 0.6) is 0 Å². The lowest BCUT2D eigenvalue weighted by atomic mass is 9.66. The average molecular weight is 731 g/mol. The van der Waals surface area contributed by atoms with E-state index in [9.17, 15) is 39.6 Å². The van der Waals surface area contributed by atoms with Gasteiger partial charge in [-0.2, -0.15) is 47.0 Å². The number of nitrogens with two attached hydrogens (primary N) is 4. The number of aliphatic carboxylic acids is 4. The van der Waals surface area contributed by atoms with Gasteiger partial charge in [-0.3, -0.25) is 0 Å². The Labute approximate surface area is 285 Å². The molecular formula is C26H42N4O8S6. The number of carbonyl (C=O) groups is 4. The summed E-state index contributed by atoms with van der Waals surface area (Å²) in [6.45, 7) is 0. The third kappa shape index (κ3) is 7.94. The molecule has 0 bridgehead atoms. The highest BCUT2D eigenvalue weighted by Gasteiger charge is 2.55. The maximum absolute atomic E-state index is 13.2. The van der Waals surface area contributed by atoms with E-state index in [1.54, 1.807) is 25.0 Å². The Morgan fingerprint density at radius 2 is 0.682 bits per heavy atom. The van der Waals surface area contributed by atoms with Gasteiger partial charge in [0.25, 0.3) is 0 Å². The summed E-state index contributed by atoms with van der Waals surface area (Å²) in [5.74, 6) is -5.80. The topological polar surface area (TPSA) is 253 Å². The van der Waals surface area contributed by atoms with E-state index >= 15 is 0 Å². The van der Waals surface area contributed by atoms with Crippen molar-refractivity contribution < 1.29 is 39.6 Å². The van der Waals surface area contributed by atoms with Crippen molar-refractivity contribution in [2.45, 2.75) is 57.6 Å². The van der Waals surface area contributed by atoms with Crippen LogP contribution in [0.15, 0.2) is 9.79 Å². The standard InChI is InChI=1S/C26H42N4O8S6/c1-41-9-5-23(27,19(31)32)13-14(24(28,20(33)34)6-10-42-2)16(26(30,22(37)38)8-12-44-4)18(40)17(39)15(13)25(29,21(35)36)7-11-43-3/h39-40H,5-12,27-30H2,1-4H3,(H,31,32)(H,33,34)(H,35,36)(H,37,38). The second kappa shape index (κ2) is 16.7. The molecule has 0 saturated carbocycles. The minimum absolute atomic E-state index is 0.131. The molecule has 4 unspecified atom stereocenters. The summed E-state index contributed by atoms with van der Waals surface area (Å²) in [7, 11) is 0. The van der Waals surface area contributed by atoms with Crippen molar-refractivity contribution in [2.24, 2.45) is 22.9 Å². The SMILES string of the molecule is CSCCC(N)(C(=O)O)c1c(S)c(S)c(C(N)(CCSC)C(=O)O)c(C(N)(CCSC)C(=O)O)c1C(N)(CCSC)C(=O)O. The van der Waals surface area contributed by atoms with E-state index in [1.807, 2.05) is 0 Å². The number of thioether (sulfide) groups is 4. The Bertz CT molecular complexity index is 1170. The summed E-state index contributed by atoms with van der Waals surface area (Å²) < 4.78 is 0. The van der Waals surface area contributed by atoms with Gasteiger partial charge in [0.2, 0.25) is 0 Å². The monoisotopic (exact) mass is 730 g/mol. The maximum Gasteiger partial charge on any atom is 0.328 e. The van der Waals surface area contributed by atoms with Gasteiger partial charge in [0, 0.05) is 20.9 Å². The molecule has 12 nitrogen and oxygen atoms in total. The Kier molecular flexibility index (Phi) is 15.6. The molecule has 0 radical (unpaired) electrons. The van der Waals surface area contributed by atoms with Crippen molar-refractivity contribution in [3.63, 3.8) is 0 Å². The number of thiol groups is 2. The number of rotatable bonds is 20. The molecule has 4 atom stereocenters. The van der Waals surface area contributed by atoms with Gasteiger partial charge in [0.1, 0.15) is 22.2 Å². The molecule has 0 aliphatic rings. The molecule has 0 fully saturated rings. The molecule has 1 aromatic carbocycles. The first-order valence-corrected chi connectivity index (χ1v) is 19.5. The Morgan fingerprint density at radius 3 is 0.841 bits per heavy atom. The van der Waals surface area contributed by atoms with Gasteiger partial charge in [0.05, 0.1) is 0 Å². The van der Waals surface area contributed by atoms with Crippen LogP contribution >= 0.6 is 72.3 Å². The van der Waals surface area contributed by atoms with E-state index < -0.39 is 68.3 Å². The van der Waals surface area contributed by atoms with Crippen LogP contribution in [0.1, 0.15) is 47.9 Å². The fourth-order valence-electron chi connectivity index (χ4n) is 4.89. The van der Waals surface area contributed by atoms with E-state index in [0.717, 1.165) is 0 Å². The number of carboxylic acid groups (broad SMARTS) is 4. The second-order valence-corrected chi connectivity index (χ2v) is 15.1. The summed E-state index contributed by atoms with van der Waals surface area (Å²) in [5, 5.41) is 42.5. The summed E-state index contributed by atoms with van der Waals surface area (Å²) in [6.07, 6.45) is 5.62. The zero-order chi connectivity index (χ0) is 34.3. The van der Waals surface area contributed by atoms with Gasteiger partial charge in [-0.25, -0.2) is 19.2 Å². The minimum atomic E-state index is -2.51. The fourth-order valence-corrected chi connectivity index (χ4v) is 7.84. The molecule has 1 aromatic rings. The molecular weight excluding hydrogens is 689 g/mol. The highest BCUT2D eigenvalue weighted by molar-refractivity contribution is 7.99. The van der Waals surface area contributed by atoms with Gasteiger partial charge in [-0.15, -0.1) is 25.3 Å². The van der Waals surface area contributed by atoms with Crippen LogP contribution in [0.2, 0.25) is 0 Å². The molecule has 250 valence electrons. The van der Waals surface area contributed by atoms with E-state index in [2.05, 4.69) is 25.3 Å². The van der Waals surface area contributed by atoms with Crippen molar-refractivity contribution in [1.82, 2.24) is 0 Å². The maximum atomic E-state index is 13.2. The molecule has 0 amide bonds. The lowest BCUT2D eigenvalue weighted by Gasteiger charge is -2.43. The zero-order valence-corrected chi connectivity index (χ0v) is 30.0. The molecule has 1 rings (SSSR count). The van der Waals surface area contributed by atoms with E-state index in [-0.39, 0.29) is 58.5 Å². The smallest absolute Gasteiger partial charge is 0.328 e. The summed E-state index contributed by atoms with van der Waals surface area (Å²) >= 11 is 14.2. The molecule has 0 aliphatic heterocycles. The zero-order valence-electron chi connectivity index (χ0n) is 24.9. The van der Waals surface area contributed by atoms with Gasteiger partial charge in [-0.05, 0) is 84.8 Å². The van der Waals surface area contributed by atoms with Crippen LogP contribution in [0.25, 0.3) is 0 Å². The van der Waals surface area contributed by atoms with E-state index in [4.69, 9.17) is 22.9 Å². The molecule has 0 aliphatic carbocycles. The molecule has 0 heterocycles. The highest BCUT2D eigenvalue weighted by atomic mass is 32.2. The van der Waals surface area contributed by atoms with Crippen molar-refractivity contribution in [2.75, 3.05) is 48.0 Å². The lowest BCUT2D eigenvalue weighted by Crippen LogP contribution is -2.58. The van der Waals surface area contributed by atoms with Crippen LogP contribution in [0, 0.1) is 0 Å². The van der Waals surface area contributed by atoms with Crippen LogP contribution in [0.4, 0.5) is 0 Å². The van der Waals surface area contributed by atoms with Crippen molar-refractivity contribution in [3.05, 3.63) is 22.3 Å².